The van der Waals surface area contributed by atoms with Crippen LogP contribution in [-0.4, -0.2) is 0 Å². The summed E-state index contributed by atoms with van der Waals surface area (Å²) >= 11 is 0. The summed E-state index contributed by atoms with van der Waals surface area (Å²) in [5.41, 5.74) is 3.19. The lowest BCUT2D eigenvalue weighted by molar-refractivity contribution is 0.727. The van der Waals surface area contributed by atoms with Crippen molar-refractivity contribution < 1.29 is 4.39 Å². The molecule has 0 aromatic heterocycles. The largest absolute Gasteiger partial charge is 0.216 e. The van der Waals surface area contributed by atoms with Crippen LogP contribution >= 0.6 is 0 Å². The lowest BCUT2D eigenvalue weighted by Crippen LogP contribution is -1.77. The van der Waals surface area contributed by atoms with Gasteiger partial charge in [-0.3, -0.25) is 0 Å². The van der Waals surface area contributed by atoms with Crippen molar-refractivity contribution in [3.63, 3.8) is 0 Å². The van der Waals surface area contributed by atoms with Crippen LogP contribution in [0.3, 0.4) is 0 Å². The van der Waals surface area contributed by atoms with E-state index in [1.165, 1.54) is 11.6 Å². The second-order valence-corrected chi connectivity index (χ2v) is 3.28. The molecule has 2 aromatic rings. The molecule has 0 saturated heterocycles. The molecule has 2 rings (SSSR count). The van der Waals surface area contributed by atoms with Crippen molar-refractivity contribution in [2.24, 2.45) is 0 Å². The molecular weight excluding hydrogens is 186 g/mol. The summed E-state index contributed by atoms with van der Waals surface area (Å²) in [5, 5.41) is 0. The Morgan fingerprint density at radius 1 is 0.733 bits per heavy atom. The zero-order chi connectivity index (χ0) is 10.5. The first kappa shape index (κ1) is 9.66. The Labute approximate surface area is 88.7 Å². The number of rotatable bonds is 2. The van der Waals surface area contributed by atoms with Crippen molar-refractivity contribution >= 4 is 6.08 Å². The predicted octanol–water partition coefficient (Wildman–Crippen LogP) is 4.29. The average molecular weight is 197 g/mol. The van der Waals surface area contributed by atoms with Crippen LogP contribution in [-0.2, 0) is 0 Å². The van der Waals surface area contributed by atoms with E-state index in [0.29, 0.717) is 6.33 Å². The molecule has 0 aliphatic rings. The molecule has 0 saturated carbocycles. The van der Waals surface area contributed by atoms with Crippen LogP contribution in [0.2, 0.25) is 0 Å². The molecular formula is C14H11F. The van der Waals surface area contributed by atoms with Gasteiger partial charge in [0.2, 0.25) is 0 Å². The molecule has 0 bridgehead atoms. The number of hydrogen-bond donors (Lipinski definition) is 0. The van der Waals surface area contributed by atoms with Gasteiger partial charge in [-0.05, 0) is 22.8 Å². The van der Waals surface area contributed by atoms with E-state index in [9.17, 15) is 4.39 Å². The maximum Gasteiger partial charge on any atom is 0.0872 e. The van der Waals surface area contributed by atoms with Crippen LogP contribution in [0, 0.1) is 0 Å². The van der Waals surface area contributed by atoms with Crippen molar-refractivity contribution in [2.45, 2.75) is 0 Å². The maximum absolute atomic E-state index is 11.9. The summed E-state index contributed by atoms with van der Waals surface area (Å²) in [7, 11) is 0. The van der Waals surface area contributed by atoms with E-state index in [1.807, 2.05) is 42.5 Å². The Morgan fingerprint density at radius 2 is 1.33 bits per heavy atom. The third kappa shape index (κ3) is 2.32. The summed E-state index contributed by atoms with van der Waals surface area (Å²) in [6.07, 6.45) is 1.99. The topological polar surface area (TPSA) is 0 Å². The molecule has 0 heterocycles. The molecule has 0 radical (unpaired) electrons. The molecule has 0 unspecified atom stereocenters. The lowest BCUT2D eigenvalue weighted by atomic mass is 10.0. The summed E-state index contributed by atoms with van der Waals surface area (Å²) < 4.78 is 11.9. The van der Waals surface area contributed by atoms with Crippen LogP contribution in [0.1, 0.15) is 5.56 Å². The van der Waals surface area contributed by atoms with Gasteiger partial charge in [0.1, 0.15) is 0 Å². The second-order valence-electron chi connectivity index (χ2n) is 3.28. The van der Waals surface area contributed by atoms with Gasteiger partial charge in [-0.2, -0.15) is 0 Å². The minimum Gasteiger partial charge on any atom is -0.216 e. The molecule has 0 nitrogen and oxygen atoms in total. The maximum atomic E-state index is 11.9. The molecule has 74 valence electrons. The SMILES string of the molecule is [18F]/C=C/c1ccc(-c2ccccc2)cc1. The van der Waals surface area contributed by atoms with E-state index >= 15 is 0 Å². The minimum atomic E-state index is 0.553. The minimum absolute atomic E-state index is 0.553. The van der Waals surface area contributed by atoms with Crippen molar-refractivity contribution in [2.75, 3.05) is 0 Å². The van der Waals surface area contributed by atoms with Gasteiger partial charge in [-0.1, -0.05) is 54.6 Å². The lowest BCUT2D eigenvalue weighted by Gasteiger charge is -2.01. The molecule has 0 aliphatic heterocycles. The molecule has 1 heteroatoms. The number of halogens is 1. The van der Waals surface area contributed by atoms with Gasteiger partial charge in [-0.15, -0.1) is 0 Å². The first-order chi connectivity index (χ1) is 7.40. The highest BCUT2D eigenvalue weighted by Gasteiger charge is 1.95. The van der Waals surface area contributed by atoms with Gasteiger partial charge in [-0.25, -0.2) is 4.39 Å². The fourth-order valence-corrected chi connectivity index (χ4v) is 1.49. The summed E-state index contributed by atoms with van der Waals surface area (Å²) in [5.74, 6) is 0. The molecule has 0 atom stereocenters. The van der Waals surface area contributed by atoms with E-state index in [4.69, 9.17) is 0 Å². The zero-order valence-corrected chi connectivity index (χ0v) is 8.23. The zero-order valence-electron chi connectivity index (χ0n) is 8.23. The summed E-state index contributed by atoms with van der Waals surface area (Å²) in [6.45, 7) is 0. The Morgan fingerprint density at radius 3 is 1.93 bits per heavy atom. The van der Waals surface area contributed by atoms with Crippen molar-refractivity contribution in [1.82, 2.24) is 0 Å². The monoisotopic (exact) mass is 197 g/mol. The predicted molar refractivity (Wildman–Crippen MR) is 62.0 cm³/mol. The van der Waals surface area contributed by atoms with Gasteiger partial charge < -0.3 is 0 Å². The molecule has 0 amide bonds. The summed E-state index contributed by atoms with van der Waals surface area (Å²) in [4.78, 5) is 0. The standard InChI is InChI=1S/C14H11F/c15-11-10-12-6-8-14(9-7-12)13-4-2-1-3-5-13/h1-11H/b11-10+/i15-1. The van der Waals surface area contributed by atoms with Gasteiger partial charge in [0.25, 0.3) is 0 Å². The van der Waals surface area contributed by atoms with E-state index in [0.717, 1.165) is 11.1 Å². The molecule has 0 spiro atoms. The fraction of sp³-hybridized carbons (Fsp3) is 0. The van der Waals surface area contributed by atoms with Crippen LogP contribution in [0.15, 0.2) is 60.9 Å². The van der Waals surface area contributed by atoms with E-state index < -0.39 is 0 Å². The highest BCUT2D eigenvalue weighted by atomic mass is 18.2. The molecule has 0 fully saturated rings. The van der Waals surface area contributed by atoms with Gasteiger partial charge >= 0.3 is 0 Å². The van der Waals surface area contributed by atoms with Crippen molar-refractivity contribution in [3.8, 4) is 11.1 Å². The Bertz CT molecular complexity index is 441. The third-order valence-corrected chi connectivity index (χ3v) is 2.27. The molecule has 0 N–H and O–H groups in total. The third-order valence-electron chi connectivity index (χ3n) is 2.27. The van der Waals surface area contributed by atoms with E-state index in [-0.39, 0.29) is 0 Å². The normalized spacial score (nSPS) is 10.7. The van der Waals surface area contributed by atoms with Crippen LogP contribution in [0.5, 0.6) is 0 Å². The first-order valence-corrected chi connectivity index (χ1v) is 4.82. The quantitative estimate of drug-likeness (QED) is 0.673. The van der Waals surface area contributed by atoms with Crippen molar-refractivity contribution in [1.29, 1.82) is 0 Å². The molecule has 15 heavy (non-hydrogen) atoms. The molecule has 0 aliphatic carbocycles. The first-order valence-electron chi connectivity index (χ1n) is 4.82. The van der Waals surface area contributed by atoms with Crippen LogP contribution < -0.4 is 0 Å². The van der Waals surface area contributed by atoms with Crippen LogP contribution in [0.25, 0.3) is 17.2 Å². The second kappa shape index (κ2) is 4.56. The van der Waals surface area contributed by atoms with E-state index in [2.05, 4.69) is 12.1 Å². The highest BCUT2D eigenvalue weighted by Crippen LogP contribution is 2.19. The van der Waals surface area contributed by atoms with Gasteiger partial charge in [0.05, 0.1) is 6.33 Å². The Hall–Kier alpha value is -1.89. The smallest absolute Gasteiger partial charge is 0.0872 e. The summed E-state index contributed by atoms with van der Waals surface area (Å²) in [6, 6.07) is 17.9. The highest BCUT2D eigenvalue weighted by molar-refractivity contribution is 5.65. The average Bonchev–Trinajstić information content (AvgIpc) is 2.32. The van der Waals surface area contributed by atoms with E-state index in [1.54, 1.807) is 0 Å². The fourth-order valence-electron chi connectivity index (χ4n) is 1.49. The van der Waals surface area contributed by atoms with Crippen molar-refractivity contribution in [3.05, 3.63) is 66.5 Å². The van der Waals surface area contributed by atoms with Crippen LogP contribution in [0.4, 0.5) is 4.39 Å². The molecule has 2 aromatic carbocycles. The Balaban J connectivity index is 2.32. The number of benzene rings is 2. The van der Waals surface area contributed by atoms with Gasteiger partial charge in [0, 0.05) is 0 Å². The Kier molecular flexibility index (Phi) is 2.93. The number of hydrogen-bond acceptors (Lipinski definition) is 0. The van der Waals surface area contributed by atoms with Gasteiger partial charge in [0.15, 0.2) is 0 Å².